The van der Waals surface area contributed by atoms with E-state index in [1.807, 2.05) is 30.3 Å². The van der Waals surface area contributed by atoms with Crippen LogP contribution in [-0.4, -0.2) is 15.1 Å². The quantitative estimate of drug-likeness (QED) is 0.682. The van der Waals surface area contributed by atoms with E-state index in [1.165, 1.54) is 0 Å². The lowest BCUT2D eigenvalue weighted by Crippen LogP contribution is -1.93. The van der Waals surface area contributed by atoms with Crippen molar-refractivity contribution in [2.75, 3.05) is 5.73 Å². The number of fused-ring (bicyclic) bond motifs is 1. The summed E-state index contributed by atoms with van der Waals surface area (Å²) < 4.78 is 0. The monoisotopic (exact) mass is 237 g/mol. The highest BCUT2D eigenvalue weighted by molar-refractivity contribution is 5.99. The van der Waals surface area contributed by atoms with Gasteiger partial charge in [-0.25, -0.2) is 9.97 Å². The summed E-state index contributed by atoms with van der Waals surface area (Å²) in [5.74, 6) is 0.521. The molecule has 0 aliphatic heterocycles. The number of aromatic nitrogens is 2. The van der Waals surface area contributed by atoms with Crippen LogP contribution in [0, 0.1) is 0 Å². The van der Waals surface area contributed by atoms with Crippen LogP contribution < -0.4 is 5.73 Å². The molecule has 0 saturated carbocycles. The van der Waals surface area contributed by atoms with E-state index >= 15 is 0 Å². The van der Waals surface area contributed by atoms with Gasteiger partial charge in [0.25, 0.3) is 0 Å². The van der Waals surface area contributed by atoms with Gasteiger partial charge in [0.2, 0.25) is 5.95 Å². The number of nitrogen functional groups attached to an aromatic ring is 1. The molecule has 18 heavy (non-hydrogen) atoms. The Balaban J connectivity index is 2.29. The number of nitrogens with two attached hydrogens (primary N) is 1. The van der Waals surface area contributed by atoms with Crippen molar-refractivity contribution in [3.8, 4) is 16.9 Å². The molecule has 0 amide bonds. The molecule has 1 heterocycles. The molecule has 0 atom stereocenters. The standard InChI is InChI=1S/C14H11N3O/c15-14-16-7-9(8-17-14)10-3-1-5-12-11(10)4-2-6-13(12)18/h1-8,18H,(H2,15,16,17). The lowest BCUT2D eigenvalue weighted by Gasteiger charge is -2.07. The Morgan fingerprint density at radius 1 is 0.889 bits per heavy atom. The fraction of sp³-hybridized carbons (Fsp3) is 0. The third-order valence-corrected chi connectivity index (χ3v) is 2.88. The van der Waals surface area contributed by atoms with Gasteiger partial charge in [-0.1, -0.05) is 30.3 Å². The fourth-order valence-electron chi connectivity index (χ4n) is 2.02. The molecule has 2 aromatic carbocycles. The van der Waals surface area contributed by atoms with Gasteiger partial charge in [-0.05, 0) is 17.0 Å². The molecule has 4 heteroatoms. The highest BCUT2D eigenvalue weighted by Crippen LogP contribution is 2.32. The van der Waals surface area contributed by atoms with Crippen molar-refractivity contribution >= 4 is 16.7 Å². The van der Waals surface area contributed by atoms with Crippen LogP contribution in [0.3, 0.4) is 0 Å². The average molecular weight is 237 g/mol. The zero-order valence-corrected chi connectivity index (χ0v) is 9.54. The van der Waals surface area contributed by atoms with Gasteiger partial charge < -0.3 is 10.8 Å². The van der Waals surface area contributed by atoms with Crippen molar-refractivity contribution in [2.45, 2.75) is 0 Å². The van der Waals surface area contributed by atoms with Crippen LogP contribution in [0.2, 0.25) is 0 Å². The molecule has 0 aliphatic rings. The maximum atomic E-state index is 9.84. The third kappa shape index (κ3) is 1.64. The zero-order chi connectivity index (χ0) is 12.5. The lowest BCUT2D eigenvalue weighted by molar-refractivity contribution is 0.481. The number of phenols is 1. The predicted octanol–water partition coefficient (Wildman–Crippen LogP) is 2.58. The number of nitrogens with zero attached hydrogens (tertiary/aromatic N) is 2. The topological polar surface area (TPSA) is 72.0 Å². The van der Waals surface area contributed by atoms with Crippen LogP contribution >= 0.6 is 0 Å². The summed E-state index contributed by atoms with van der Waals surface area (Å²) in [6, 6.07) is 11.2. The SMILES string of the molecule is Nc1ncc(-c2cccc3c(O)cccc23)cn1. The Morgan fingerprint density at radius 3 is 2.33 bits per heavy atom. The van der Waals surface area contributed by atoms with E-state index in [9.17, 15) is 5.11 Å². The molecule has 0 spiro atoms. The molecule has 0 radical (unpaired) electrons. The van der Waals surface area contributed by atoms with E-state index in [2.05, 4.69) is 9.97 Å². The Morgan fingerprint density at radius 2 is 1.56 bits per heavy atom. The summed E-state index contributed by atoms with van der Waals surface area (Å²) in [5.41, 5.74) is 7.33. The Bertz CT molecular complexity index is 708. The smallest absolute Gasteiger partial charge is 0.219 e. The second-order valence-corrected chi connectivity index (χ2v) is 4.01. The van der Waals surface area contributed by atoms with Crippen molar-refractivity contribution < 1.29 is 5.11 Å². The second kappa shape index (κ2) is 4.00. The first-order chi connectivity index (χ1) is 8.75. The zero-order valence-electron chi connectivity index (χ0n) is 9.54. The summed E-state index contributed by atoms with van der Waals surface area (Å²) in [6.45, 7) is 0. The maximum absolute atomic E-state index is 9.84. The number of aromatic hydroxyl groups is 1. The van der Waals surface area contributed by atoms with Crippen molar-refractivity contribution in [1.29, 1.82) is 0 Å². The molecule has 0 fully saturated rings. The summed E-state index contributed by atoms with van der Waals surface area (Å²) in [6.07, 6.45) is 3.36. The highest BCUT2D eigenvalue weighted by Gasteiger charge is 2.06. The molecule has 4 nitrogen and oxygen atoms in total. The van der Waals surface area contributed by atoms with Crippen molar-refractivity contribution in [1.82, 2.24) is 9.97 Å². The summed E-state index contributed by atoms with van der Waals surface area (Å²) >= 11 is 0. The van der Waals surface area contributed by atoms with Gasteiger partial charge in [0.05, 0.1) is 0 Å². The molecule has 0 aliphatic carbocycles. The van der Waals surface area contributed by atoms with E-state index < -0.39 is 0 Å². The van der Waals surface area contributed by atoms with Gasteiger partial charge in [-0.2, -0.15) is 0 Å². The predicted molar refractivity (Wildman–Crippen MR) is 71.1 cm³/mol. The number of phenolic OH excluding ortho intramolecular Hbond substituents is 1. The van der Waals surface area contributed by atoms with E-state index in [0.29, 0.717) is 0 Å². The van der Waals surface area contributed by atoms with Gasteiger partial charge in [0.1, 0.15) is 5.75 Å². The maximum Gasteiger partial charge on any atom is 0.219 e. The number of anilines is 1. The van der Waals surface area contributed by atoms with Gasteiger partial charge in [-0.15, -0.1) is 0 Å². The largest absolute Gasteiger partial charge is 0.507 e. The lowest BCUT2D eigenvalue weighted by atomic mass is 10.00. The first-order valence-corrected chi connectivity index (χ1v) is 5.54. The Kier molecular flexibility index (Phi) is 2.34. The third-order valence-electron chi connectivity index (χ3n) is 2.88. The Hall–Kier alpha value is -2.62. The van der Waals surface area contributed by atoms with Crippen molar-refractivity contribution in [2.24, 2.45) is 0 Å². The number of benzene rings is 2. The van der Waals surface area contributed by atoms with Crippen LogP contribution in [0.25, 0.3) is 21.9 Å². The van der Waals surface area contributed by atoms with E-state index in [0.717, 1.165) is 21.9 Å². The van der Waals surface area contributed by atoms with E-state index in [-0.39, 0.29) is 11.7 Å². The van der Waals surface area contributed by atoms with Crippen LogP contribution in [0.1, 0.15) is 0 Å². The molecule has 0 unspecified atom stereocenters. The highest BCUT2D eigenvalue weighted by atomic mass is 16.3. The van der Waals surface area contributed by atoms with E-state index in [1.54, 1.807) is 18.5 Å². The van der Waals surface area contributed by atoms with Crippen LogP contribution in [0.15, 0.2) is 48.8 Å². The normalized spacial score (nSPS) is 10.7. The Labute approximate surface area is 104 Å². The summed E-state index contributed by atoms with van der Waals surface area (Å²) in [4.78, 5) is 7.98. The molecular formula is C14H11N3O. The molecular weight excluding hydrogens is 226 g/mol. The number of hydrogen-bond acceptors (Lipinski definition) is 4. The van der Waals surface area contributed by atoms with Gasteiger partial charge >= 0.3 is 0 Å². The van der Waals surface area contributed by atoms with E-state index in [4.69, 9.17) is 5.73 Å². The van der Waals surface area contributed by atoms with Crippen LogP contribution in [0.4, 0.5) is 5.95 Å². The fourth-order valence-corrected chi connectivity index (χ4v) is 2.02. The molecule has 3 rings (SSSR count). The van der Waals surface area contributed by atoms with Crippen molar-refractivity contribution in [3.05, 3.63) is 48.8 Å². The minimum atomic E-state index is 0.252. The molecule has 0 bridgehead atoms. The first-order valence-electron chi connectivity index (χ1n) is 5.54. The van der Waals surface area contributed by atoms with Gasteiger partial charge in [0.15, 0.2) is 0 Å². The van der Waals surface area contributed by atoms with Gasteiger partial charge in [0, 0.05) is 23.3 Å². The van der Waals surface area contributed by atoms with Crippen LogP contribution in [-0.2, 0) is 0 Å². The minimum absolute atomic E-state index is 0.252. The molecule has 3 aromatic rings. The average Bonchev–Trinajstić information content (AvgIpc) is 2.40. The second-order valence-electron chi connectivity index (χ2n) is 4.01. The molecule has 88 valence electrons. The van der Waals surface area contributed by atoms with Gasteiger partial charge in [-0.3, -0.25) is 0 Å². The number of hydrogen-bond donors (Lipinski definition) is 2. The first kappa shape index (κ1) is 10.5. The molecule has 0 saturated heterocycles. The summed E-state index contributed by atoms with van der Waals surface area (Å²) in [7, 11) is 0. The summed E-state index contributed by atoms with van der Waals surface area (Å²) in [5, 5.41) is 11.6. The van der Waals surface area contributed by atoms with Crippen molar-refractivity contribution in [3.63, 3.8) is 0 Å². The molecule has 3 N–H and O–H groups in total. The molecule has 1 aromatic heterocycles. The minimum Gasteiger partial charge on any atom is -0.507 e. The number of rotatable bonds is 1. The van der Waals surface area contributed by atoms with Crippen LogP contribution in [0.5, 0.6) is 5.75 Å².